The zero-order chi connectivity index (χ0) is 13.5. The maximum absolute atomic E-state index is 9.73. The van der Waals surface area contributed by atoms with Gasteiger partial charge in [0.15, 0.2) is 0 Å². The third kappa shape index (κ3) is 4.70. The Labute approximate surface area is 120 Å². The van der Waals surface area contributed by atoms with E-state index in [-0.39, 0.29) is 13.2 Å². The molecule has 102 valence electrons. The number of hydrogen-bond donors (Lipinski definition) is 1. The van der Waals surface area contributed by atoms with Gasteiger partial charge in [-0.15, -0.1) is 0 Å². The summed E-state index contributed by atoms with van der Waals surface area (Å²) in [6, 6.07) is 11.1. The van der Waals surface area contributed by atoms with Crippen LogP contribution in [0.1, 0.15) is 5.76 Å². The van der Waals surface area contributed by atoms with Crippen molar-refractivity contribution in [2.45, 2.75) is 12.7 Å². The van der Waals surface area contributed by atoms with Crippen molar-refractivity contribution in [2.75, 3.05) is 13.2 Å². The third-order valence-corrected chi connectivity index (χ3v) is 3.06. The molecular formula is C14H15BrO4. The molecule has 0 aliphatic carbocycles. The predicted molar refractivity (Wildman–Crippen MR) is 74.0 cm³/mol. The van der Waals surface area contributed by atoms with Crippen LogP contribution in [0.3, 0.4) is 0 Å². The maximum Gasteiger partial charge on any atom is 0.133 e. The molecular weight excluding hydrogens is 312 g/mol. The van der Waals surface area contributed by atoms with Gasteiger partial charge in [-0.05, 0) is 40.2 Å². The van der Waals surface area contributed by atoms with Gasteiger partial charge >= 0.3 is 0 Å². The van der Waals surface area contributed by atoms with Gasteiger partial charge in [-0.2, -0.15) is 0 Å². The summed E-state index contributed by atoms with van der Waals surface area (Å²) in [6.45, 7) is 0.727. The van der Waals surface area contributed by atoms with Crippen molar-refractivity contribution in [3.63, 3.8) is 0 Å². The number of aliphatic hydroxyl groups excluding tert-OH is 1. The van der Waals surface area contributed by atoms with E-state index in [1.807, 2.05) is 30.3 Å². The van der Waals surface area contributed by atoms with Crippen LogP contribution in [0, 0.1) is 0 Å². The van der Waals surface area contributed by atoms with Crippen LogP contribution >= 0.6 is 15.9 Å². The number of ether oxygens (including phenoxy) is 2. The Kier molecular flexibility index (Phi) is 5.44. The highest BCUT2D eigenvalue weighted by Gasteiger charge is 2.07. The van der Waals surface area contributed by atoms with Crippen LogP contribution in [0.4, 0.5) is 0 Å². The van der Waals surface area contributed by atoms with Crippen LogP contribution in [0.25, 0.3) is 0 Å². The van der Waals surface area contributed by atoms with Crippen LogP contribution in [0.2, 0.25) is 0 Å². The summed E-state index contributed by atoms with van der Waals surface area (Å²) in [5.41, 5.74) is 0. The molecule has 0 aliphatic heterocycles. The molecule has 0 saturated heterocycles. The molecule has 0 saturated carbocycles. The lowest BCUT2D eigenvalue weighted by atomic mass is 10.3. The van der Waals surface area contributed by atoms with Gasteiger partial charge in [-0.25, -0.2) is 0 Å². The van der Waals surface area contributed by atoms with Crippen LogP contribution in [-0.4, -0.2) is 24.4 Å². The van der Waals surface area contributed by atoms with Gasteiger partial charge < -0.3 is 19.0 Å². The number of halogens is 1. The fraction of sp³-hybridized carbons (Fsp3) is 0.286. The quantitative estimate of drug-likeness (QED) is 0.849. The van der Waals surface area contributed by atoms with E-state index in [9.17, 15) is 5.11 Å². The zero-order valence-corrected chi connectivity index (χ0v) is 11.9. The number of benzene rings is 1. The Morgan fingerprint density at radius 1 is 1.16 bits per heavy atom. The Morgan fingerprint density at radius 2 is 2.00 bits per heavy atom. The van der Waals surface area contributed by atoms with Crippen molar-refractivity contribution in [2.24, 2.45) is 0 Å². The maximum atomic E-state index is 9.73. The van der Waals surface area contributed by atoms with Crippen LogP contribution in [-0.2, 0) is 11.3 Å². The lowest BCUT2D eigenvalue weighted by molar-refractivity contribution is 0.000758. The van der Waals surface area contributed by atoms with Crippen molar-refractivity contribution >= 4 is 15.9 Å². The van der Waals surface area contributed by atoms with Gasteiger partial charge in [0.2, 0.25) is 0 Å². The normalized spacial score (nSPS) is 12.3. The molecule has 0 aliphatic rings. The Balaban J connectivity index is 1.67. The molecule has 0 radical (unpaired) electrons. The van der Waals surface area contributed by atoms with Gasteiger partial charge in [-0.3, -0.25) is 0 Å². The van der Waals surface area contributed by atoms with Crippen LogP contribution < -0.4 is 4.74 Å². The summed E-state index contributed by atoms with van der Waals surface area (Å²) >= 11 is 3.37. The third-order valence-electron chi connectivity index (χ3n) is 2.40. The second kappa shape index (κ2) is 7.33. The topological polar surface area (TPSA) is 51.8 Å². The van der Waals surface area contributed by atoms with Crippen molar-refractivity contribution in [1.29, 1.82) is 0 Å². The molecule has 19 heavy (non-hydrogen) atoms. The first-order valence-electron chi connectivity index (χ1n) is 5.91. The van der Waals surface area contributed by atoms with Gasteiger partial charge in [0, 0.05) is 0 Å². The summed E-state index contributed by atoms with van der Waals surface area (Å²) < 4.78 is 16.8. The first-order chi connectivity index (χ1) is 9.25. The minimum atomic E-state index is -0.679. The SMILES string of the molecule is O[C@H](COCc1ccco1)COc1ccccc1Br. The van der Waals surface area contributed by atoms with E-state index in [4.69, 9.17) is 13.9 Å². The lowest BCUT2D eigenvalue weighted by Gasteiger charge is -2.13. The molecule has 0 unspecified atom stereocenters. The fourth-order valence-electron chi connectivity index (χ4n) is 1.49. The monoisotopic (exact) mass is 326 g/mol. The fourth-order valence-corrected chi connectivity index (χ4v) is 1.89. The van der Waals surface area contributed by atoms with E-state index in [1.54, 1.807) is 12.3 Å². The molecule has 1 aromatic carbocycles. The van der Waals surface area contributed by atoms with Crippen molar-refractivity contribution in [1.82, 2.24) is 0 Å². The second-order valence-electron chi connectivity index (χ2n) is 3.99. The Bertz CT molecular complexity index is 484. The molecule has 0 bridgehead atoms. The largest absolute Gasteiger partial charge is 0.490 e. The van der Waals surface area contributed by atoms with E-state index in [1.165, 1.54) is 0 Å². The van der Waals surface area contributed by atoms with Crippen molar-refractivity contribution in [3.05, 3.63) is 52.9 Å². The summed E-state index contributed by atoms with van der Waals surface area (Å²) in [6.07, 6.45) is 0.910. The molecule has 4 nitrogen and oxygen atoms in total. The highest BCUT2D eigenvalue weighted by atomic mass is 79.9. The average molecular weight is 327 g/mol. The predicted octanol–water partition coefficient (Wildman–Crippen LogP) is 3.00. The molecule has 1 heterocycles. The molecule has 1 aromatic heterocycles. The van der Waals surface area contributed by atoms with E-state index >= 15 is 0 Å². The zero-order valence-electron chi connectivity index (χ0n) is 10.3. The molecule has 2 aromatic rings. The summed E-state index contributed by atoms with van der Waals surface area (Å²) in [4.78, 5) is 0. The molecule has 1 N–H and O–H groups in total. The minimum Gasteiger partial charge on any atom is -0.490 e. The first kappa shape index (κ1) is 14.1. The summed E-state index contributed by atoms with van der Waals surface area (Å²) in [7, 11) is 0. The number of aliphatic hydroxyl groups is 1. The van der Waals surface area contributed by atoms with Gasteiger partial charge in [-0.1, -0.05) is 12.1 Å². The van der Waals surface area contributed by atoms with Gasteiger partial charge in [0.1, 0.15) is 30.8 Å². The molecule has 5 heteroatoms. The smallest absolute Gasteiger partial charge is 0.133 e. The summed E-state index contributed by atoms with van der Waals surface area (Å²) in [5, 5.41) is 9.73. The van der Waals surface area contributed by atoms with Gasteiger partial charge in [0.25, 0.3) is 0 Å². The summed E-state index contributed by atoms with van der Waals surface area (Å²) in [5.74, 6) is 1.44. The number of hydrogen-bond acceptors (Lipinski definition) is 4. The van der Waals surface area contributed by atoms with Crippen LogP contribution in [0.5, 0.6) is 5.75 Å². The molecule has 0 fully saturated rings. The second-order valence-corrected chi connectivity index (χ2v) is 4.84. The highest BCUT2D eigenvalue weighted by Crippen LogP contribution is 2.23. The van der Waals surface area contributed by atoms with Crippen molar-refractivity contribution < 1.29 is 19.0 Å². The number of rotatable bonds is 7. The van der Waals surface area contributed by atoms with E-state index in [0.29, 0.717) is 12.4 Å². The lowest BCUT2D eigenvalue weighted by Crippen LogP contribution is -2.23. The number of para-hydroxylation sites is 1. The average Bonchev–Trinajstić information content (AvgIpc) is 2.91. The highest BCUT2D eigenvalue weighted by molar-refractivity contribution is 9.10. The molecule has 0 amide bonds. The number of furan rings is 1. The van der Waals surface area contributed by atoms with Gasteiger partial charge in [0.05, 0.1) is 17.3 Å². The Morgan fingerprint density at radius 3 is 2.74 bits per heavy atom. The Hall–Kier alpha value is -1.30. The van der Waals surface area contributed by atoms with Crippen molar-refractivity contribution in [3.8, 4) is 5.75 Å². The van der Waals surface area contributed by atoms with Crippen LogP contribution in [0.15, 0.2) is 51.6 Å². The molecule has 0 spiro atoms. The molecule has 2 rings (SSSR count). The van der Waals surface area contributed by atoms with E-state index < -0.39 is 6.10 Å². The molecule has 1 atom stereocenters. The minimum absolute atomic E-state index is 0.181. The first-order valence-corrected chi connectivity index (χ1v) is 6.70. The van der Waals surface area contributed by atoms with E-state index in [0.717, 1.165) is 10.2 Å². The standard InChI is InChI=1S/C14H15BrO4/c15-13-5-1-2-6-14(13)19-9-11(16)8-17-10-12-4-3-7-18-12/h1-7,11,16H,8-10H2/t11-/m1/s1. The van der Waals surface area contributed by atoms with E-state index in [2.05, 4.69) is 15.9 Å².